The number of nitro benzene ring substituents is 1. The number of nitro groups is 1. The lowest BCUT2D eigenvalue weighted by molar-refractivity contribution is -0.384. The average Bonchev–Trinajstić information content (AvgIpc) is 2.39. The van der Waals surface area contributed by atoms with Crippen molar-refractivity contribution in [3.05, 3.63) is 61.5 Å². The van der Waals surface area contributed by atoms with E-state index in [9.17, 15) is 19.7 Å². The van der Waals surface area contributed by atoms with Gasteiger partial charge in [-0.05, 0) is 12.1 Å². The molecule has 0 aliphatic carbocycles. The minimum atomic E-state index is -1.48. The second kappa shape index (κ2) is 5.10. The van der Waals surface area contributed by atoms with Gasteiger partial charge in [0.15, 0.2) is 0 Å². The lowest BCUT2D eigenvalue weighted by atomic mass is 10.3. The molecule has 1 aromatic carbocycles. The summed E-state index contributed by atoms with van der Waals surface area (Å²) in [6, 6.07) is 4.84. The monoisotopic (exact) mass is 295 g/mol. The Morgan fingerprint density at radius 3 is 2.70 bits per heavy atom. The summed E-state index contributed by atoms with van der Waals surface area (Å²) in [5, 5.41) is 23.2. The number of carbonyl (C=O) groups is 1. The third kappa shape index (κ3) is 2.50. The summed E-state index contributed by atoms with van der Waals surface area (Å²) in [7, 11) is 0. The fourth-order valence-corrected chi connectivity index (χ4v) is 1.67. The number of rotatable bonds is 3. The van der Waals surface area contributed by atoms with E-state index in [0.29, 0.717) is 0 Å². The van der Waals surface area contributed by atoms with Crippen molar-refractivity contribution >= 4 is 23.3 Å². The van der Waals surface area contributed by atoms with Crippen LogP contribution in [-0.2, 0) is 0 Å². The second-order valence-corrected chi connectivity index (χ2v) is 4.08. The molecular weight excluding hydrogens is 290 g/mol. The van der Waals surface area contributed by atoms with Crippen LogP contribution in [0.1, 0.15) is 10.5 Å². The summed E-state index contributed by atoms with van der Waals surface area (Å²) in [5.74, 6) is -1.48. The Hall–Kier alpha value is -2.74. The van der Waals surface area contributed by atoms with Crippen LogP contribution in [0.5, 0.6) is 0 Å². The topological polar surface area (TPSA) is 115 Å². The first kappa shape index (κ1) is 13.7. The van der Waals surface area contributed by atoms with Crippen molar-refractivity contribution in [3.8, 4) is 5.69 Å². The van der Waals surface area contributed by atoms with Crippen LogP contribution in [-0.4, -0.2) is 25.8 Å². The van der Waals surface area contributed by atoms with Crippen molar-refractivity contribution in [2.24, 2.45) is 0 Å². The zero-order valence-electron chi connectivity index (χ0n) is 9.69. The van der Waals surface area contributed by atoms with Gasteiger partial charge in [-0.25, -0.2) is 9.48 Å². The van der Waals surface area contributed by atoms with Gasteiger partial charge in [0.25, 0.3) is 5.69 Å². The third-order valence-electron chi connectivity index (χ3n) is 2.40. The number of aromatic carboxylic acids is 1. The summed E-state index contributed by atoms with van der Waals surface area (Å²) in [6.07, 6.45) is 1.21. The molecule has 1 aromatic heterocycles. The fourth-order valence-electron chi connectivity index (χ4n) is 1.48. The number of hydrogen-bond acceptors (Lipinski definition) is 5. The van der Waals surface area contributed by atoms with Gasteiger partial charge in [-0.3, -0.25) is 14.9 Å². The van der Waals surface area contributed by atoms with Gasteiger partial charge in [-0.15, -0.1) is 0 Å². The Kier molecular flexibility index (Phi) is 3.49. The van der Waals surface area contributed by atoms with E-state index in [1.807, 2.05) is 0 Å². The summed E-state index contributed by atoms with van der Waals surface area (Å²) in [6.45, 7) is 0. The SMILES string of the molecule is O=C(O)c1nn(-c2ccc(Cl)c([N+](=O)[O-])c2)ccc1=O. The van der Waals surface area contributed by atoms with Crippen LogP contribution < -0.4 is 5.43 Å². The van der Waals surface area contributed by atoms with Crippen molar-refractivity contribution < 1.29 is 14.8 Å². The van der Waals surface area contributed by atoms with E-state index in [2.05, 4.69) is 5.10 Å². The number of nitrogens with zero attached hydrogens (tertiary/aromatic N) is 3. The molecule has 2 rings (SSSR count). The normalized spacial score (nSPS) is 10.2. The minimum absolute atomic E-state index is 0.0572. The summed E-state index contributed by atoms with van der Waals surface area (Å²) in [4.78, 5) is 32.2. The molecule has 20 heavy (non-hydrogen) atoms. The second-order valence-electron chi connectivity index (χ2n) is 3.67. The molecule has 0 saturated carbocycles. The van der Waals surface area contributed by atoms with Gasteiger partial charge < -0.3 is 5.11 Å². The zero-order valence-corrected chi connectivity index (χ0v) is 10.4. The first-order valence-electron chi connectivity index (χ1n) is 5.18. The highest BCUT2D eigenvalue weighted by Gasteiger charge is 2.15. The minimum Gasteiger partial charge on any atom is -0.476 e. The van der Waals surface area contributed by atoms with Gasteiger partial charge in [-0.1, -0.05) is 11.6 Å². The molecule has 1 heterocycles. The molecule has 0 aliphatic rings. The van der Waals surface area contributed by atoms with E-state index < -0.39 is 22.0 Å². The Bertz CT molecular complexity index is 771. The molecule has 102 valence electrons. The molecule has 1 N–H and O–H groups in total. The zero-order chi connectivity index (χ0) is 14.9. The smallest absolute Gasteiger partial charge is 0.360 e. The molecule has 0 aliphatic heterocycles. The van der Waals surface area contributed by atoms with Crippen LogP contribution in [0.2, 0.25) is 5.02 Å². The van der Waals surface area contributed by atoms with Crippen LogP contribution in [0, 0.1) is 10.1 Å². The number of benzene rings is 1. The lowest BCUT2D eigenvalue weighted by Crippen LogP contribution is -2.20. The highest BCUT2D eigenvalue weighted by molar-refractivity contribution is 6.32. The van der Waals surface area contributed by atoms with E-state index in [0.717, 1.165) is 16.8 Å². The van der Waals surface area contributed by atoms with Crippen molar-refractivity contribution in [3.63, 3.8) is 0 Å². The Morgan fingerprint density at radius 1 is 1.40 bits per heavy atom. The van der Waals surface area contributed by atoms with Gasteiger partial charge in [0.2, 0.25) is 11.1 Å². The maximum atomic E-state index is 11.3. The van der Waals surface area contributed by atoms with Crippen LogP contribution in [0.4, 0.5) is 5.69 Å². The molecule has 0 fully saturated rings. The molecule has 0 unspecified atom stereocenters. The maximum Gasteiger partial charge on any atom is 0.360 e. The molecule has 2 aromatic rings. The quantitative estimate of drug-likeness (QED) is 0.677. The van der Waals surface area contributed by atoms with Gasteiger partial charge in [0, 0.05) is 18.3 Å². The van der Waals surface area contributed by atoms with E-state index in [1.54, 1.807) is 0 Å². The maximum absolute atomic E-state index is 11.3. The lowest BCUT2D eigenvalue weighted by Gasteiger charge is -2.06. The van der Waals surface area contributed by atoms with E-state index >= 15 is 0 Å². The van der Waals surface area contributed by atoms with Crippen molar-refractivity contribution in [2.45, 2.75) is 0 Å². The van der Waals surface area contributed by atoms with Crippen molar-refractivity contribution in [2.75, 3.05) is 0 Å². The number of aromatic nitrogens is 2. The van der Waals surface area contributed by atoms with E-state index in [1.165, 1.54) is 18.3 Å². The van der Waals surface area contributed by atoms with Crippen LogP contribution >= 0.6 is 11.6 Å². The first-order chi connectivity index (χ1) is 9.40. The Morgan fingerprint density at radius 2 is 2.10 bits per heavy atom. The third-order valence-corrected chi connectivity index (χ3v) is 2.72. The molecular formula is C11H6ClN3O5. The molecule has 0 bridgehead atoms. The standard InChI is InChI=1S/C11H6ClN3O5/c12-7-2-1-6(5-8(7)15(19)20)14-4-3-9(16)10(13-14)11(17)18/h1-5H,(H,17,18). The van der Waals surface area contributed by atoms with Crippen LogP contribution in [0.15, 0.2) is 35.3 Å². The van der Waals surface area contributed by atoms with Gasteiger partial charge >= 0.3 is 5.97 Å². The molecule has 0 amide bonds. The average molecular weight is 296 g/mol. The molecule has 0 saturated heterocycles. The van der Waals surface area contributed by atoms with Gasteiger partial charge in [-0.2, -0.15) is 5.10 Å². The Labute approximate surface area is 116 Å². The number of halogens is 1. The summed E-state index contributed by atoms with van der Waals surface area (Å²) >= 11 is 5.67. The molecule has 0 atom stereocenters. The van der Waals surface area contributed by atoms with Gasteiger partial charge in [0.1, 0.15) is 5.02 Å². The van der Waals surface area contributed by atoms with E-state index in [-0.39, 0.29) is 16.4 Å². The first-order valence-corrected chi connectivity index (χ1v) is 5.55. The fraction of sp³-hybridized carbons (Fsp3) is 0. The van der Waals surface area contributed by atoms with Gasteiger partial charge in [0.05, 0.1) is 10.6 Å². The molecule has 9 heteroatoms. The largest absolute Gasteiger partial charge is 0.476 e. The van der Waals surface area contributed by atoms with Crippen LogP contribution in [0.25, 0.3) is 5.69 Å². The predicted molar refractivity (Wildman–Crippen MR) is 68.5 cm³/mol. The summed E-state index contributed by atoms with van der Waals surface area (Å²) in [5.41, 5.74) is -1.56. The molecule has 8 nitrogen and oxygen atoms in total. The highest BCUT2D eigenvalue weighted by atomic mass is 35.5. The Balaban J connectivity index is 2.60. The number of carboxylic acids is 1. The molecule has 0 radical (unpaired) electrons. The number of hydrogen-bond donors (Lipinski definition) is 1. The summed E-state index contributed by atoms with van der Waals surface area (Å²) < 4.78 is 1.05. The van der Waals surface area contributed by atoms with E-state index in [4.69, 9.17) is 16.7 Å². The van der Waals surface area contributed by atoms with Crippen molar-refractivity contribution in [1.29, 1.82) is 0 Å². The number of carboxylic acid groups (broad SMARTS) is 1. The van der Waals surface area contributed by atoms with Crippen LogP contribution in [0.3, 0.4) is 0 Å². The predicted octanol–water partition coefficient (Wildman–Crippen LogP) is 1.49. The highest BCUT2D eigenvalue weighted by Crippen LogP contribution is 2.26. The van der Waals surface area contributed by atoms with Crippen molar-refractivity contribution in [1.82, 2.24) is 9.78 Å². The molecule has 0 spiro atoms.